The van der Waals surface area contributed by atoms with E-state index in [0.717, 1.165) is 12.8 Å². The molecule has 2 unspecified atom stereocenters. The predicted molar refractivity (Wildman–Crippen MR) is 51.4 cm³/mol. The molecule has 0 heterocycles. The first kappa shape index (κ1) is 13.3. The molecule has 1 rings (SSSR count). The number of ether oxygens (including phenoxy) is 2. The Kier molecular flexibility index (Phi) is 4.57. The monoisotopic (exact) mass is 238 g/mol. The third-order valence-corrected chi connectivity index (χ3v) is 2.62. The Morgan fingerprint density at radius 3 is 2.62 bits per heavy atom. The Hall–Kier alpha value is -0.790. The van der Waals surface area contributed by atoms with Crippen molar-refractivity contribution in [3.05, 3.63) is 0 Å². The quantitative estimate of drug-likeness (QED) is 0.426. The van der Waals surface area contributed by atoms with Gasteiger partial charge in [0.05, 0.1) is 12.2 Å². The second kappa shape index (κ2) is 5.51. The number of carbonyl (C=O) groups excluding carboxylic acids is 1. The molecule has 3 N–H and O–H groups in total. The second-order valence-electron chi connectivity index (χ2n) is 3.75. The third-order valence-electron chi connectivity index (χ3n) is 2.62. The summed E-state index contributed by atoms with van der Waals surface area (Å²) in [7, 11) is 1.53. The smallest absolute Gasteiger partial charge is 0.381 e. The lowest BCUT2D eigenvalue weighted by Gasteiger charge is -2.30. The molecule has 94 valence electrons. The molecule has 0 bridgehead atoms. The van der Waals surface area contributed by atoms with E-state index in [0.29, 0.717) is 12.8 Å². The van der Waals surface area contributed by atoms with E-state index in [-0.39, 0.29) is 6.10 Å². The standard InChI is InChI=1S/C9H16F2N2O3/c1-15-6-3-2-4-7(5-6)16-9(10,11)8(14)13-12/h6-7H,2-5,12H2,1H3,(H,13,14). The summed E-state index contributed by atoms with van der Waals surface area (Å²) >= 11 is 0. The van der Waals surface area contributed by atoms with E-state index >= 15 is 0 Å². The van der Waals surface area contributed by atoms with Gasteiger partial charge in [0, 0.05) is 7.11 Å². The number of carbonyl (C=O) groups is 1. The minimum atomic E-state index is -3.88. The van der Waals surface area contributed by atoms with Crippen LogP contribution in [0.5, 0.6) is 0 Å². The van der Waals surface area contributed by atoms with E-state index in [9.17, 15) is 13.6 Å². The summed E-state index contributed by atoms with van der Waals surface area (Å²) in [6.45, 7) is 0. The molecule has 0 radical (unpaired) electrons. The van der Waals surface area contributed by atoms with Gasteiger partial charge in [-0.15, -0.1) is 0 Å². The summed E-state index contributed by atoms with van der Waals surface area (Å²) in [4.78, 5) is 10.7. The highest BCUT2D eigenvalue weighted by Gasteiger charge is 2.43. The number of rotatable bonds is 4. The SMILES string of the molecule is COC1CCCC(OC(F)(F)C(=O)NN)C1. The number of halogens is 2. The lowest BCUT2D eigenvalue weighted by Crippen LogP contribution is -2.48. The van der Waals surface area contributed by atoms with E-state index < -0.39 is 18.1 Å². The van der Waals surface area contributed by atoms with E-state index in [4.69, 9.17) is 4.74 Å². The minimum absolute atomic E-state index is 0.0875. The topological polar surface area (TPSA) is 73.6 Å². The number of alkyl halides is 2. The Bertz CT molecular complexity index is 251. The van der Waals surface area contributed by atoms with Gasteiger partial charge in [-0.3, -0.25) is 10.2 Å². The third kappa shape index (κ3) is 3.36. The number of nitrogens with one attached hydrogen (secondary N) is 1. The maximum atomic E-state index is 13.1. The largest absolute Gasteiger partial charge is 0.438 e. The van der Waals surface area contributed by atoms with E-state index in [2.05, 4.69) is 10.6 Å². The molecular formula is C9H16F2N2O3. The average Bonchev–Trinajstić information content (AvgIpc) is 2.27. The molecule has 5 nitrogen and oxygen atoms in total. The van der Waals surface area contributed by atoms with Crippen LogP contribution in [0.2, 0.25) is 0 Å². The normalized spacial score (nSPS) is 26.5. The fraction of sp³-hybridized carbons (Fsp3) is 0.889. The molecule has 1 aliphatic carbocycles. The number of nitrogens with two attached hydrogens (primary N) is 1. The highest BCUT2D eigenvalue weighted by atomic mass is 19.3. The first-order chi connectivity index (χ1) is 7.49. The Balaban J connectivity index is 2.49. The highest BCUT2D eigenvalue weighted by molar-refractivity contribution is 5.81. The maximum Gasteiger partial charge on any atom is 0.438 e. The van der Waals surface area contributed by atoms with Crippen LogP contribution < -0.4 is 11.3 Å². The predicted octanol–water partition coefficient (Wildman–Crippen LogP) is 0.543. The summed E-state index contributed by atoms with van der Waals surface area (Å²) < 4.78 is 35.7. The Morgan fingerprint density at radius 1 is 1.44 bits per heavy atom. The minimum Gasteiger partial charge on any atom is -0.381 e. The number of hydrazine groups is 1. The molecule has 0 aromatic heterocycles. The molecular weight excluding hydrogens is 222 g/mol. The fourth-order valence-electron chi connectivity index (χ4n) is 1.77. The lowest BCUT2D eigenvalue weighted by atomic mass is 9.95. The van der Waals surface area contributed by atoms with Gasteiger partial charge in [-0.2, -0.15) is 8.78 Å². The molecule has 1 amide bonds. The highest BCUT2D eigenvalue weighted by Crippen LogP contribution is 2.28. The molecule has 1 aliphatic rings. The first-order valence-electron chi connectivity index (χ1n) is 5.09. The van der Waals surface area contributed by atoms with E-state index in [1.165, 1.54) is 12.5 Å². The summed E-state index contributed by atoms with van der Waals surface area (Å²) in [6.07, 6.45) is -2.22. The zero-order valence-corrected chi connectivity index (χ0v) is 9.04. The molecule has 16 heavy (non-hydrogen) atoms. The van der Waals surface area contributed by atoms with Gasteiger partial charge < -0.3 is 9.47 Å². The molecule has 1 saturated carbocycles. The summed E-state index contributed by atoms with van der Waals surface area (Å²) in [5, 5.41) is 0. The van der Waals surface area contributed by atoms with Crippen molar-refractivity contribution >= 4 is 5.91 Å². The maximum absolute atomic E-state index is 13.1. The summed E-state index contributed by atoms with van der Waals surface area (Å²) in [5.41, 5.74) is 1.37. The van der Waals surface area contributed by atoms with Gasteiger partial charge in [0.15, 0.2) is 0 Å². The molecule has 0 aliphatic heterocycles. The molecule has 0 aromatic rings. The van der Waals surface area contributed by atoms with Crippen molar-refractivity contribution in [2.45, 2.75) is 44.0 Å². The molecule has 0 spiro atoms. The Morgan fingerprint density at radius 2 is 2.06 bits per heavy atom. The van der Waals surface area contributed by atoms with Gasteiger partial charge in [-0.25, -0.2) is 5.84 Å². The number of amides is 1. The van der Waals surface area contributed by atoms with Gasteiger partial charge >= 0.3 is 12.0 Å². The van der Waals surface area contributed by atoms with Crippen LogP contribution >= 0.6 is 0 Å². The van der Waals surface area contributed by atoms with E-state index in [1.54, 1.807) is 0 Å². The van der Waals surface area contributed by atoms with Crippen molar-refractivity contribution in [3.8, 4) is 0 Å². The van der Waals surface area contributed by atoms with Crippen LogP contribution in [0.25, 0.3) is 0 Å². The van der Waals surface area contributed by atoms with Crippen LogP contribution in [0.15, 0.2) is 0 Å². The van der Waals surface area contributed by atoms with Crippen LogP contribution in [-0.2, 0) is 14.3 Å². The van der Waals surface area contributed by atoms with Crippen LogP contribution in [0.4, 0.5) is 8.78 Å². The van der Waals surface area contributed by atoms with Crippen molar-refractivity contribution < 1.29 is 23.0 Å². The summed E-state index contributed by atoms with van der Waals surface area (Å²) in [5.74, 6) is 3.00. The fourth-order valence-corrected chi connectivity index (χ4v) is 1.77. The molecule has 1 fully saturated rings. The first-order valence-corrected chi connectivity index (χ1v) is 5.09. The van der Waals surface area contributed by atoms with Crippen LogP contribution in [0, 0.1) is 0 Å². The van der Waals surface area contributed by atoms with Crippen LogP contribution in [0.3, 0.4) is 0 Å². The average molecular weight is 238 g/mol. The zero-order valence-electron chi connectivity index (χ0n) is 9.04. The number of hydrogen-bond acceptors (Lipinski definition) is 4. The van der Waals surface area contributed by atoms with Crippen molar-refractivity contribution in [1.82, 2.24) is 5.43 Å². The number of hydrogen-bond donors (Lipinski definition) is 2. The van der Waals surface area contributed by atoms with Crippen molar-refractivity contribution in [3.63, 3.8) is 0 Å². The van der Waals surface area contributed by atoms with Crippen molar-refractivity contribution in [1.29, 1.82) is 0 Å². The van der Waals surface area contributed by atoms with E-state index in [1.807, 2.05) is 0 Å². The molecule has 0 saturated heterocycles. The van der Waals surface area contributed by atoms with Crippen LogP contribution in [0.1, 0.15) is 25.7 Å². The second-order valence-corrected chi connectivity index (χ2v) is 3.75. The van der Waals surface area contributed by atoms with Crippen molar-refractivity contribution in [2.24, 2.45) is 5.84 Å². The Labute approximate surface area is 92.2 Å². The number of methoxy groups -OCH3 is 1. The zero-order chi connectivity index (χ0) is 12.2. The van der Waals surface area contributed by atoms with Gasteiger partial charge in [0.1, 0.15) is 0 Å². The summed E-state index contributed by atoms with van der Waals surface area (Å²) in [6, 6.07) is 0. The molecule has 0 aromatic carbocycles. The lowest BCUT2D eigenvalue weighted by molar-refractivity contribution is -0.257. The van der Waals surface area contributed by atoms with Crippen LogP contribution in [-0.4, -0.2) is 31.3 Å². The van der Waals surface area contributed by atoms with Crippen molar-refractivity contribution in [2.75, 3.05) is 7.11 Å². The van der Waals surface area contributed by atoms with Gasteiger partial charge in [-0.05, 0) is 25.7 Å². The molecule has 2 atom stereocenters. The molecule has 7 heteroatoms. The van der Waals surface area contributed by atoms with Gasteiger partial charge in [0.2, 0.25) is 0 Å². The van der Waals surface area contributed by atoms with Gasteiger partial charge in [-0.1, -0.05) is 0 Å². The van der Waals surface area contributed by atoms with Gasteiger partial charge in [0.25, 0.3) is 0 Å².